The lowest BCUT2D eigenvalue weighted by atomic mass is 9.94. The lowest BCUT2D eigenvalue weighted by Crippen LogP contribution is -2.58. The summed E-state index contributed by atoms with van der Waals surface area (Å²) in [6.07, 6.45) is 0.992. The van der Waals surface area contributed by atoms with Crippen LogP contribution < -0.4 is 20.3 Å². The van der Waals surface area contributed by atoms with Crippen LogP contribution in [0.5, 0.6) is 5.75 Å². The number of hydrogen-bond acceptors (Lipinski definition) is 9. The smallest absolute Gasteiger partial charge is 0.416 e. The number of carbonyl (C=O) groups is 5. The van der Waals surface area contributed by atoms with Crippen LogP contribution in [0.4, 0.5) is 29.3 Å². The Morgan fingerprint density at radius 3 is 2.38 bits per heavy atom. The monoisotopic (exact) mass is 772 g/mol. The van der Waals surface area contributed by atoms with Gasteiger partial charge in [0.05, 0.1) is 36.4 Å². The second-order valence-corrected chi connectivity index (χ2v) is 14.6. The summed E-state index contributed by atoms with van der Waals surface area (Å²) in [5.41, 5.74) is 1.05. The molecule has 3 fully saturated rings. The molecular formula is C39H39F3N8O6. The van der Waals surface area contributed by atoms with Crippen molar-refractivity contribution in [1.82, 2.24) is 30.0 Å². The number of hydrazine groups is 1. The number of alkyl halides is 3. The molecule has 0 radical (unpaired) electrons. The van der Waals surface area contributed by atoms with Gasteiger partial charge in [0, 0.05) is 62.0 Å². The summed E-state index contributed by atoms with van der Waals surface area (Å²) >= 11 is 0. The molecular weight excluding hydrogens is 733 g/mol. The van der Waals surface area contributed by atoms with Crippen molar-refractivity contribution in [1.29, 1.82) is 0 Å². The van der Waals surface area contributed by atoms with Crippen LogP contribution in [0.25, 0.3) is 10.9 Å². The number of aromatic nitrogens is 2. The normalized spacial score (nSPS) is 18.8. The Morgan fingerprint density at radius 2 is 1.66 bits per heavy atom. The van der Waals surface area contributed by atoms with Gasteiger partial charge in [-0.3, -0.25) is 29.2 Å². The summed E-state index contributed by atoms with van der Waals surface area (Å²) in [6, 6.07) is 12.3. The minimum absolute atomic E-state index is 0.00255. The second-order valence-electron chi connectivity index (χ2n) is 14.6. The maximum Gasteiger partial charge on any atom is 0.416 e. The van der Waals surface area contributed by atoms with E-state index in [1.54, 1.807) is 18.2 Å². The lowest BCUT2D eigenvalue weighted by molar-refractivity contribution is -0.137. The van der Waals surface area contributed by atoms with Gasteiger partial charge in [-0.25, -0.2) is 9.80 Å². The van der Waals surface area contributed by atoms with Gasteiger partial charge in [0.15, 0.2) is 0 Å². The summed E-state index contributed by atoms with van der Waals surface area (Å²) < 4.78 is 47.3. The van der Waals surface area contributed by atoms with Crippen LogP contribution in [0.2, 0.25) is 0 Å². The highest BCUT2D eigenvalue weighted by Gasteiger charge is 2.43. The molecule has 4 aliphatic rings. The summed E-state index contributed by atoms with van der Waals surface area (Å²) in [4.78, 5) is 68.1. The number of hydrogen-bond donors (Lipinski definition) is 2. The molecule has 4 aliphatic heterocycles. The van der Waals surface area contributed by atoms with Crippen molar-refractivity contribution >= 4 is 51.9 Å². The zero-order valence-corrected chi connectivity index (χ0v) is 30.5. The fourth-order valence-corrected chi connectivity index (χ4v) is 8.07. The quantitative estimate of drug-likeness (QED) is 0.227. The van der Waals surface area contributed by atoms with Crippen molar-refractivity contribution in [3.05, 3.63) is 83.0 Å². The molecule has 0 unspecified atom stereocenters. The fraction of sp³-hybridized carbons (Fsp3) is 0.385. The minimum Gasteiger partial charge on any atom is -0.494 e. The highest BCUT2D eigenvalue weighted by atomic mass is 19.4. The minimum atomic E-state index is -4.58. The molecule has 0 atom stereocenters. The van der Waals surface area contributed by atoms with Crippen LogP contribution in [0.15, 0.2) is 60.8 Å². The molecule has 292 valence electrons. The van der Waals surface area contributed by atoms with E-state index < -0.39 is 41.4 Å². The number of likely N-dealkylation sites (tertiary alicyclic amines) is 1. The first-order valence-electron chi connectivity index (χ1n) is 18.5. The second kappa shape index (κ2) is 14.6. The number of ether oxygens (including phenoxy) is 1. The average molecular weight is 773 g/mol. The standard InChI is InChI=1S/C39H39F3N8O6/c1-56-31-8-5-25-22-48(45-33(25)34(31)44-35(52)24-3-2-4-26(19-24)39(40,41)42)27-11-14-46(15-12-27)21-23-9-16-47(17-10-23)28-6-7-29-30(20-28)37(54)50(36(29)53)49-18-13-32(51)43-38(49)55/h2-8,19-20,22-23,27H,9-18,21H2,1H3,(H,44,52)(H,43,51,55). The first kappa shape index (κ1) is 37.0. The number of urea groups is 1. The molecule has 0 spiro atoms. The van der Waals surface area contributed by atoms with Gasteiger partial charge < -0.3 is 19.9 Å². The summed E-state index contributed by atoms with van der Waals surface area (Å²) in [7, 11) is 1.45. The fourth-order valence-electron chi connectivity index (χ4n) is 8.07. The van der Waals surface area contributed by atoms with E-state index in [2.05, 4.69) is 20.4 Å². The van der Waals surface area contributed by atoms with Crippen LogP contribution in [-0.2, 0) is 11.0 Å². The van der Waals surface area contributed by atoms with E-state index in [1.165, 1.54) is 19.2 Å². The molecule has 8 rings (SSSR count). The van der Waals surface area contributed by atoms with Gasteiger partial charge in [0.1, 0.15) is 17.0 Å². The number of nitrogens with one attached hydrogen (secondary N) is 2. The highest BCUT2D eigenvalue weighted by molar-refractivity contribution is 6.22. The van der Waals surface area contributed by atoms with Crippen molar-refractivity contribution in [2.45, 2.75) is 44.3 Å². The molecule has 14 nitrogen and oxygen atoms in total. The summed E-state index contributed by atoms with van der Waals surface area (Å²) in [5, 5.41) is 12.3. The number of halogens is 3. The van der Waals surface area contributed by atoms with Crippen LogP contribution in [-0.4, -0.2) is 101 Å². The van der Waals surface area contributed by atoms with Crippen molar-refractivity contribution in [3.8, 4) is 5.75 Å². The molecule has 5 heterocycles. The molecule has 0 saturated carbocycles. The number of anilines is 2. The Bertz CT molecular complexity index is 2240. The maximum absolute atomic E-state index is 13.3. The average Bonchev–Trinajstić information content (AvgIpc) is 3.73. The van der Waals surface area contributed by atoms with Crippen molar-refractivity contribution in [3.63, 3.8) is 0 Å². The third kappa shape index (κ3) is 7.02. The molecule has 4 aromatic rings. The van der Waals surface area contributed by atoms with E-state index in [1.807, 2.05) is 23.0 Å². The van der Waals surface area contributed by atoms with Crippen molar-refractivity contribution in [2.24, 2.45) is 5.92 Å². The van der Waals surface area contributed by atoms with Gasteiger partial charge in [-0.1, -0.05) is 6.07 Å². The van der Waals surface area contributed by atoms with Gasteiger partial charge in [-0.15, -0.1) is 0 Å². The van der Waals surface area contributed by atoms with Crippen LogP contribution >= 0.6 is 0 Å². The molecule has 0 bridgehead atoms. The highest BCUT2D eigenvalue weighted by Crippen LogP contribution is 2.36. The SMILES string of the molecule is COc1ccc2cn(C3CCN(CC4CCN(c5ccc6c(c5)C(=O)N(N5CCC(=O)NC5=O)C6=O)CC4)CC3)nc2c1NC(=O)c1cccc(C(F)(F)F)c1. The Labute approximate surface area is 319 Å². The van der Waals surface area contributed by atoms with E-state index >= 15 is 0 Å². The van der Waals surface area contributed by atoms with Crippen molar-refractivity contribution < 1.29 is 41.9 Å². The lowest BCUT2D eigenvalue weighted by Gasteiger charge is -2.38. The third-order valence-corrected chi connectivity index (χ3v) is 11.1. The first-order chi connectivity index (χ1) is 26.9. The Kier molecular flexibility index (Phi) is 9.64. The Balaban J connectivity index is 0.859. The molecule has 1 aromatic heterocycles. The van der Waals surface area contributed by atoms with E-state index in [0.717, 1.165) is 91.6 Å². The zero-order valence-electron chi connectivity index (χ0n) is 30.5. The van der Waals surface area contributed by atoms with Crippen LogP contribution in [0.3, 0.4) is 0 Å². The Morgan fingerprint density at radius 1 is 0.911 bits per heavy atom. The maximum atomic E-state index is 13.3. The van der Waals surface area contributed by atoms with Crippen molar-refractivity contribution in [2.75, 3.05) is 56.6 Å². The number of methoxy groups -OCH3 is 1. The topological polar surface area (TPSA) is 149 Å². The number of amides is 6. The first-order valence-corrected chi connectivity index (χ1v) is 18.5. The number of imide groups is 2. The molecule has 2 N–H and O–H groups in total. The van der Waals surface area contributed by atoms with Gasteiger partial charge in [-0.05, 0) is 80.1 Å². The predicted octanol–water partition coefficient (Wildman–Crippen LogP) is 5.32. The molecule has 3 saturated heterocycles. The van der Waals surface area contributed by atoms with Gasteiger partial charge in [0.25, 0.3) is 17.7 Å². The third-order valence-electron chi connectivity index (χ3n) is 11.1. The van der Waals surface area contributed by atoms with Crippen LogP contribution in [0.1, 0.15) is 74.8 Å². The zero-order chi connectivity index (χ0) is 39.3. The molecule has 3 aromatic carbocycles. The van der Waals surface area contributed by atoms with E-state index in [0.29, 0.717) is 22.9 Å². The number of carbonyl (C=O) groups excluding carboxylic acids is 5. The summed E-state index contributed by atoms with van der Waals surface area (Å²) in [6.45, 7) is 4.24. The molecule has 6 amide bonds. The predicted molar refractivity (Wildman–Crippen MR) is 197 cm³/mol. The number of piperidine rings is 2. The van der Waals surface area contributed by atoms with Crippen LogP contribution in [0, 0.1) is 5.92 Å². The molecule has 17 heteroatoms. The van der Waals surface area contributed by atoms with Gasteiger partial charge >= 0.3 is 12.2 Å². The molecule has 56 heavy (non-hydrogen) atoms. The van der Waals surface area contributed by atoms with E-state index in [4.69, 9.17) is 9.84 Å². The number of rotatable bonds is 8. The number of fused-ring (bicyclic) bond motifs is 2. The van der Waals surface area contributed by atoms with Gasteiger partial charge in [0.2, 0.25) is 5.91 Å². The summed E-state index contributed by atoms with van der Waals surface area (Å²) in [5.74, 6) is -1.50. The number of benzene rings is 3. The van der Waals surface area contributed by atoms with E-state index in [9.17, 15) is 37.1 Å². The van der Waals surface area contributed by atoms with E-state index in [-0.39, 0.29) is 35.7 Å². The molecule has 0 aliphatic carbocycles. The van der Waals surface area contributed by atoms with Gasteiger partial charge in [-0.2, -0.15) is 23.3 Å². The number of nitrogens with zero attached hydrogens (tertiary/aromatic N) is 6. The largest absolute Gasteiger partial charge is 0.494 e. The Hall–Kier alpha value is -5.97.